The Morgan fingerprint density at radius 1 is 1.39 bits per heavy atom. The molecule has 1 N–H and O–H groups in total. The van der Waals surface area contributed by atoms with Crippen LogP contribution in [0.3, 0.4) is 0 Å². The number of carbonyl (C=O) groups excluding carboxylic acids is 1. The van der Waals surface area contributed by atoms with Crippen LogP contribution in [0.5, 0.6) is 5.75 Å². The molecule has 23 heavy (non-hydrogen) atoms. The van der Waals surface area contributed by atoms with Crippen molar-refractivity contribution in [1.82, 2.24) is 10.2 Å². The highest BCUT2D eigenvalue weighted by atomic mass is 16.5. The minimum atomic E-state index is 0.0129. The minimum Gasteiger partial charge on any atom is -0.497 e. The maximum atomic E-state index is 12.4. The molecule has 0 radical (unpaired) electrons. The van der Waals surface area contributed by atoms with Crippen molar-refractivity contribution in [2.24, 2.45) is 5.92 Å². The molecule has 0 saturated carbocycles. The Balaban J connectivity index is 1.50. The summed E-state index contributed by atoms with van der Waals surface area (Å²) >= 11 is 0. The molecular formula is C18H27N3O2. The molecule has 5 heteroatoms. The molecule has 3 rings (SSSR count). The second-order valence-corrected chi connectivity index (χ2v) is 6.68. The Hall–Kier alpha value is -1.75. The van der Waals surface area contributed by atoms with Gasteiger partial charge in [0.05, 0.1) is 7.11 Å². The lowest BCUT2D eigenvalue weighted by Gasteiger charge is -2.31. The summed E-state index contributed by atoms with van der Waals surface area (Å²) < 4.78 is 5.25. The monoisotopic (exact) mass is 317 g/mol. The van der Waals surface area contributed by atoms with Crippen molar-refractivity contribution in [3.8, 4) is 5.75 Å². The molecule has 2 aliphatic rings. The number of carbonyl (C=O) groups is 1. The van der Waals surface area contributed by atoms with Gasteiger partial charge in [-0.15, -0.1) is 0 Å². The first kappa shape index (κ1) is 16.1. The summed E-state index contributed by atoms with van der Waals surface area (Å²) in [5, 5.41) is 3.07. The molecule has 1 atom stereocenters. The van der Waals surface area contributed by atoms with Gasteiger partial charge in [0.1, 0.15) is 5.75 Å². The summed E-state index contributed by atoms with van der Waals surface area (Å²) in [6, 6.07) is 5.93. The third kappa shape index (κ3) is 3.78. The van der Waals surface area contributed by atoms with E-state index in [0.29, 0.717) is 6.54 Å². The number of anilines is 1. The van der Waals surface area contributed by atoms with E-state index < -0.39 is 0 Å². The maximum Gasteiger partial charge on any atom is 0.321 e. The van der Waals surface area contributed by atoms with Crippen LogP contribution in [0.1, 0.15) is 25.3 Å². The molecule has 1 saturated heterocycles. The van der Waals surface area contributed by atoms with Gasteiger partial charge in [0.15, 0.2) is 0 Å². The van der Waals surface area contributed by atoms with Crippen LogP contribution in [0.2, 0.25) is 0 Å². The Kier molecular flexibility index (Phi) is 5.06. The zero-order valence-electron chi connectivity index (χ0n) is 14.2. The number of methoxy groups -OCH3 is 1. The van der Waals surface area contributed by atoms with Crippen molar-refractivity contribution in [1.29, 1.82) is 0 Å². The summed E-state index contributed by atoms with van der Waals surface area (Å²) in [5.41, 5.74) is 2.19. The molecule has 2 aliphatic heterocycles. The third-order valence-corrected chi connectivity index (χ3v) is 4.87. The first-order valence-electron chi connectivity index (χ1n) is 8.62. The second-order valence-electron chi connectivity index (χ2n) is 6.68. The molecule has 0 bridgehead atoms. The molecule has 0 aliphatic carbocycles. The quantitative estimate of drug-likeness (QED) is 0.928. The lowest BCUT2D eigenvalue weighted by atomic mass is 10.0. The Labute approximate surface area is 138 Å². The zero-order chi connectivity index (χ0) is 16.2. The van der Waals surface area contributed by atoms with Gasteiger partial charge in [0, 0.05) is 31.9 Å². The van der Waals surface area contributed by atoms with E-state index in [1.54, 1.807) is 7.11 Å². The number of urea groups is 1. The van der Waals surface area contributed by atoms with Gasteiger partial charge in [-0.2, -0.15) is 0 Å². The van der Waals surface area contributed by atoms with E-state index >= 15 is 0 Å². The number of ether oxygens (including phenoxy) is 1. The minimum absolute atomic E-state index is 0.0129. The van der Waals surface area contributed by atoms with Crippen LogP contribution in [-0.2, 0) is 6.42 Å². The van der Waals surface area contributed by atoms with E-state index in [1.165, 1.54) is 18.4 Å². The fourth-order valence-corrected chi connectivity index (χ4v) is 3.62. The molecule has 126 valence electrons. The average molecular weight is 317 g/mol. The number of nitrogens with one attached hydrogen (secondary N) is 1. The van der Waals surface area contributed by atoms with Crippen LogP contribution in [0.25, 0.3) is 0 Å². The SMILES string of the molecule is COc1ccc2c(c1)CCN2C(=O)NCCN1CCCC(C)C1. The average Bonchev–Trinajstić information content (AvgIpc) is 2.97. The fourth-order valence-electron chi connectivity index (χ4n) is 3.62. The van der Waals surface area contributed by atoms with Crippen LogP contribution < -0.4 is 15.0 Å². The van der Waals surface area contributed by atoms with Gasteiger partial charge in [0.2, 0.25) is 0 Å². The van der Waals surface area contributed by atoms with Gasteiger partial charge < -0.3 is 15.0 Å². The maximum absolute atomic E-state index is 12.4. The molecule has 0 aromatic heterocycles. The van der Waals surface area contributed by atoms with Crippen molar-refractivity contribution in [3.63, 3.8) is 0 Å². The summed E-state index contributed by atoms with van der Waals surface area (Å²) in [5.74, 6) is 1.63. The molecular weight excluding hydrogens is 290 g/mol. The van der Waals surface area contributed by atoms with Crippen LogP contribution in [-0.4, -0.2) is 50.8 Å². The molecule has 1 fully saturated rings. The van der Waals surface area contributed by atoms with Gasteiger partial charge in [0.25, 0.3) is 0 Å². The Bertz CT molecular complexity index is 561. The van der Waals surface area contributed by atoms with Crippen molar-refractivity contribution >= 4 is 11.7 Å². The van der Waals surface area contributed by atoms with Crippen molar-refractivity contribution < 1.29 is 9.53 Å². The highest BCUT2D eigenvalue weighted by Gasteiger charge is 2.25. The summed E-state index contributed by atoms with van der Waals surface area (Å²) in [6.07, 6.45) is 3.50. The second kappa shape index (κ2) is 7.21. The number of piperidine rings is 1. The van der Waals surface area contributed by atoms with Crippen LogP contribution in [0, 0.1) is 5.92 Å². The van der Waals surface area contributed by atoms with Gasteiger partial charge in [-0.1, -0.05) is 6.92 Å². The van der Waals surface area contributed by atoms with Gasteiger partial charge in [-0.25, -0.2) is 4.79 Å². The normalized spacial score (nSPS) is 21.1. The van der Waals surface area contributed by atoms with Crippen molar-refractivity contribution in [2.75, 3.05) is 44.7 Å². The Morgan fingerprint density at radius 3 is 3.04 bits per heavy atom. The largest absolute Gasteiger partial charge is 0.497 e. The molecule has 2 amide bonds. The first-order chi connectivity index (χ1) is 11.2. The first-order valence-corrected chi connectivity index (χ1v) is 8.62. The van der Waals surface area contributed by atoms with E-state index in [1.807, 2.05) is 23.1 Å². The molecule has 5 nitrogen and oxygen atoms in total. The molecule has 1 aromatic rings. The molecule has 1 aromatic carbocycles. The number of hydrogen-bond acceptors (Lipinski definition) is 3. The van der Waals surface area contributed by atoms with Crippen LogP contribution >= 0.6 is 0 Å². The standard InChI is InChI=1S/C18H27N3O2/c1-14-4-3-9-20(13-14)11-8-19-18(22)21-10-7-15-12-16(23-2)5-6-17(15)21/h5-6,12,14H,3-4,7-11,13H2,1-2H3,(H,19,22). The van der Waals surface area contributed by atoms with Crippen molar-refractivity contribution in [2.45, 2.75) is 26.2 Å². The fraction of sp³-hybridized carbons (Fsp3) is 0.611. The lowest BCUT2D eigenvalue weighted by Crippen LogP contribution is -2.44. The molecule has 1 unspecified atom stereocenters. The summed E-state index contributed by atoms with van der Waals surface area (Å²) in [4.78, 5) is 16.7. The number of nitrogens with zero attached hydrogens (tertiary/aromatic N) is 2. The number of hydrogen-bond donors (Lipinski definition) is 1. The highest BCUT2D eigenvalue weighted by molar-refractivity contribution is 5.94. The van der Waals surface area contributed by atoms with E-state index in [2.05, 4.69) is 17.1 Å². The zero-order valence-corrected chi connectivity index (χ0v) is 14.2. The lowest BCUT2D eigenvalue weighted by molar-refractivity contribution is 0.184. The number of amides is 2. The van der Waals surface area contributed by atoms with E-state index in [4.69, 9.17) is 4.74 Å². The number of benzene rings is 1. The van der Waals surface area contributed by atoms with E-state index in [-0.39, 0.29) is 6.03 Å². The smallest absolute Gasteiger partial charge is 0.321 e. The third-order valence-electron chi connectivity index (χ3n) is 4.87. The predicted molar refractivity (Wildman–Crippen MR) is 92.3 cm³/mol. The number of likely N-dealkylation sites (tertiary alicyclic amines) is 1. The molecule has 2 heterocycles. The highest BCUT2D eigenvalue weighted by Crippen LogP contribution is 2.31. The van der Waals surface area contributed by atoms with Crippen molar-refractivity contribution in [3.05, 3.63) is 23.8 Å². The Morgan fingerprint density at radius 2 is 2.26 bits per heavy atom. The number of fused-ring (bicyclic) bond motifs is 1. The predicted octanol–water partition coefficient (Wildman–Crippen LogP) is 2.50. The molecule has 0 spiro atoms. The summed E-state index contributed by atoms with van der Waals surface area (Å²) in [7, 11) is 1.67. The van der Waals surface area contributed by atoms with E-state index in [0.717, 1.165) is 50.0 Å². The van der Waals surface area contributed by atoms with Crippen LogP contribution in [0.15, 0.2) is 18.2 Å². The van der Waals surface area contributed by atoms with Crippen LogP contribution in [0.4, 0.5) is 10.5 Å². The topological polar surface area (TPSA) is 44.8 Å². The van der Waals surface area contributed by atoms with Gasteiger partial charge >= 0.3 is 6.03 Å². The van der Waals surface area contributed by atoms with E-state index in [9.17, 15) is 4.79 Å². The summed E-state index contributed by atoms with van der Waals surface area (Å²) in [6.45, 7) is 7.02. The van der Waals surface area contributed by atoms with Gasteiger partial charge in [-0.05, 0) is 55.5 Å². The van der Waals surface area contributed by atoms with Gasteiger partial charge in [-0.3, -0.25) is 4.90 Å². The number of rotatable bonds is 4.